The Hall–Kier alpha value is -2.36. The third-order valence-electron chi connectivity index (χ3n) is 3.65. The number of rotatable bonds is 4. The maximum Gasteiger partial charge on any atom is 0.163 e. The van der Waals surface area contributed by atoms with Crippen molar-refractivity contribution in [2.24, 2.45) is 0 Å². The molecule has 0 unspecified atom stereocenters. The molecule has 3 rings (SSSR count). The van der Waals surface area contributed by atoms with Gasteiger partial charge in [-0.05, 0) is 42.3 Å². The fourth-order valence-corrected chi connectivity index (χ4v) is 2.45. The third-order valence-corrected chi connectivity index (χ3v) is 3.65. The molecule has 108 valence electrons. The van der Waals surface area contributed by atoms with Crippen molar-refractivity contribution in [3.8, 4) is 11.5 Å². The highest BCUT2D eigenvalue weighted by Crippen LogP contribution is 2.27. The second kappa shape index (κ2) is 5.56. The minimum absolute atomic E-state index is 0.141. The number of hydrogen-bond acceptors (Lipinski definition) is 3. The van der Waals surface area contributed by atoms with Gasteiger partial charge in [0.15, 0.2) is 5.78 Å². The van der Waals surface area contributed by atoms with Crippen molar-refractivity contribution < 1.29 is 18.7 Å². The van der Waals surface area contributed by atoms with Crippen molar-refractivity contribution in [1.29, 1.82) is 0 Å². The molecule has 1 aliphatic carbocycles. The first-order valence-electron chi connectivity index (χ1n) is 6.79. The van der Waals surface area contributed by atoms with E-state index in [1.54, 1.807) is 24.3 Å². The van der Waals surface area contributed by atoms with Crippen LogP contribution in [-0.4, -0.2) is 12.9 Å². The Labute approximate surface area is 122 Å². The summed E-state index contributed by atoms with van der Waals surface area (Å²) in [6.45, 7) is 0.141. The van der Waals surface area contributed by atoms with Crippen LogP contribution in [0, 0.1) is 5.82 Å². The smallest absolute Gasteiger partial charge is 0.163 e. The number of halogens is 1. The van der Waals surface area contributed by atoms with E-state index in [-0.39, 0.29) is 18.2 Å². The molecule has 0 saturated carbocycles. The molecular weight excluding hydrogens is 271 g/mol. The van der Waals surface area contributed by atoms with Crippen LogP contribution in [0.4, 0.5) is 4.39 Å². The number of benzene rings is 2. The van der Waals surface area contributed by atoms with Gasteiger partial charge in [0.1, 0.15) is 23.9 Å². The number of fused-ring (bicyclic) bond motifs is 1. The van der Waals surface area contributed by atoms with E-state index in [4.69, 9.17) is 9.47 Å². The number of methoxy groups -OCH3 is 1. The highest BCUT2D eigenvalue weighted by Gasteiger charge is 2.19. The van der Waals surface area contributed by atoms with Gasteiger partial charge < -0.3 is 9.47 Å². The largest absolute Gasteiger partial charge is 0.497 e. The van der Waals surface area contributed by atoms with Crippen LogP contribution in [0.15, 0.2) is 36.4 Å². The van der Waals surface area contributed by atoms with E-state index >= 15 is 0 Å². The van der Waals surface area contributed by atoms with Gasteiger partial charge in [0, 0.05) is 23.6 Å². The number of Topliss-reactive ketones (excluding diaryl/α,β-unsaturated/α-hetero) is 1. The van der Waals surface area contributed by atoms with E-state index in [1.807, 2.05) is 6.07 Å². The van der Waals surface area contributed by atoms with Crippen LogP contribution in [0.5, 0.6) is 11.5 Å². The van der Waals surface area contributed by atoms with Gasteiger partial charge in [-0.3, -0.25) is 4.79 Å². The van der Waals surface area contributed by atoms with Gasteiger partial charge in [-0.25, -0.2) is 4.39 Å². The van der Waals surface area contributed by atoms with Gasteiger partial charge in [0.05, 0.1) is 7.11 Å². The van der Waals surface area contributed by atoms with Gasteiger partial charge in [-0.1, -0.05) is 0 Å². The molecule has 0 amide bonds. The maximum absolute atomic E-state index is 13.8. The van der Waals surface area contributed by atoms with E-state index in [2.05, 4.69) is 0 Å². The topological polar surface area (TPSA) is 35.5 Å². The molecule has 0 radical (unpaired) electrons. The minimum atomic E-state index is -0.356. The van der Waals surface area contributed by atoms with Crippen LogP contribution < -0.4 is 9.47 Å². The average molecular weight is 286 g/mol. The summed E-state index contributed by atoms with van der Waals surface area (Å²) in [5.41, 5.74) is 2.25. The Morgan fingerprint density at radius 2 is 1.90 bits per heavy atom. The van der Waals surface area contributed by atoms with Gasteiger partial charge in [0.2, 0.25) is 0 Å². The van der Waals surface area contributed by atoms with E-state index in [1.165, 1.54) is 13.2 Å². The monoisotopic (exact) mass is 286 g/mol. The lowest BCUT2D eigenvalue weighted by molar-refractivity contribution is 0.0994. The quantitative estimate of drug-likeness (QED) is 0.862. The summed E-state index contributed by atoms with van der Waals surface area (Å²) in [4.78, 5) is 11.6. The van der Waals surface area contributed by atoms with Gasteiger partial charge in [-0.2, -0.15) is 0 Å². The van der Waals surface area contributed by atoms with Gasteiger partial charge in [-0.15, -0.1) is 0 Å². The van der Waals surface area contributed by atoms with Crippen LogP contribution >= 0.6 is 0 Å². The van der Waals surface area contributed by atoms with Crippen LogP contribution in [-0.2, 0) is 13.0 Å². The first-order chi connectivity index (χ1) is 10.2. The Kier molecular flexibility index (Phi) is 3.60. The first kappa shape index (κ1) is 13.6. The molecular formula is C17H15FO3. The van der Waals surface area contributed by atoms with Crippen molar-refractivity contribution in [2.45, 2.75) is 19.4 Å². The molecule has 0 bridgehead atoms. The van der Waals surface area contributed by atoms with Crippen molar-refractivity contribution in [2.75, 3.05) is 7.11 Å². The highest BCUT2D eigenvalue weighted by atomic mass is 19.1. The fourth-order valence-electron chi connectivity index (χ4n) is 2.45. The van der Waals surface area contributed by atoms with Gasteiger partial charge >= 0.3 is 0 Å². The number of hydrogen-bond donors (Lipinski definition) is 0. The van der Waals surface area contributed by atoms with Crippen molar-refractivity contribution in [3.05, 3.63) is 58.9 Å². The predicted molar refractivity (Wildman–Crippen MR) is 76.4 cm³/mol. The first-order valence-corrected chi connectivity index (χ1v) is 6.79. The summed E-state index contributed by atoms with van der Waals surface area (Å²) in [7, 11) is 1.50. The van der Waals surface area contributed by atoms with Crippen molar-refractivity contribution in [3.63, 3.8) is 0 Å². The molecule has 0 aromatic heterocycles. The molecule has 0 aliphatic heterocycles. The van der Waals surface area contributed by atoms with Crippen LogP contribution in [0.25, 0.3) is 0 Å². The van der Waals surface area contributed by atoms with E-state index in [0.29, 0.717) is 23.5 Å². The molecule has 3 nitrogen and oxygen atoms in total. The van der Waals surface area contributed by atoms with Crippen molar-refractivity contribution in [1.82, 2.24) is 0 Å². The molecule has 0 atom stereocenters. The van der Waals surface area contributed by atoms with Crippen LogP contribution in [0.2, 0.25) is 0 Å². The lowest BCUT2D eigenvalue weighted by atomic mass is 10.1. The van der Waals surface area contributed by atoms with E-state index in [9.17, 15) is 9.18 Å². The summed E-state index contributed by atoms with van der Waals surface area (Å²) in [5.74, 6) is 0.953. The molecule has 0 N–H and O–H groups in total. The van der Waals surface area contributed by atoms with Crippen LogP contribution in [0.1, 0.15) is 27.9 Å². The number of carbonyl (C=O) groups is 1. The molecule has 2 aromatic carbocycles. The molecule has 21 heavy (non-hydrogen) atoms. The lowest BCUT2D eigenvalue weighted by Gasteiger charge is -2.09. The predicted octanol–water partition coefficient (Wildman–Crippen LogP) is 3.54. The number of ether oxygens (including phenoxy) is 2. The molecule has 2 aromatic rings. The van der Waals surface area contributed by atoms with Crippen molar-refractivity contribution >= 4 is 5.78 Å². The zero-order valence-corrected chi connectivity index (χ0v) is 11.7. The summed E-state index contributed by atoms with van der Waals surface area (Å²) >= 11 is 0. The second-order valence-corrected chi connectivity index (χ2v) is 4.99. The summed E-state index contributed by atoms with van der Waals surface area (Å²) in [6.07, 6.45) is 1.31. The maximum atomic E-state index is 13.8. The molecule has 0 fully saturated rings. The Morgan fingerprint density at radius 1 is 1.10 bits per heavy atom. The molecule has 0 spiro atoms. The van der Waals surface area contributed by atoms with E-state index in [0.717, 1.165) is 17.5 Å². The van der Waals surface area contributed by atoms with Gasteiger partial charge in [0.25, 0.3) is 0 Å². The normalized spacial score (nSPS) is 13.1. The molecule has 0 saturated heterocycles. The number of aryl methyl sites for hydroxylation is 1. The second-order valence-electron chi connectivity index (χ2n) is 4.99. The highest BCUT2D eigenvalue weighted by molar-refractivity contribution is 6.00. The average Bonchev–Trinajstić information content (AvgIpc) is 2.87. The molecule has 0 heterocycles. The Morgan fingerprint density at radius 3 is 2.67 bits per heavy atom. The molecule has 4 heteroatoms. The third kappa shape index (κ3) is 2.75. The Balaban J connectivity index is 1.72. The fraction of sp³-hybridized carbons (Fsp3) is 0.235. The molecule has 1 aliphatic rings. The van der Waals surface area contributed by atoms with E-state index < -0.39 is 0 Å². The summed E-state index contributed by atoms with van der Waals surface area (Å²) in [5, 5.41) is 0. The zero-order chi connectivity index (χ0) is 14.8. The Bertz CT molecular complexity index is 694. The van der Waals surface area contributed by atoms with Crippen LogP contribution in [0.3, 0.4) is 0 Å². The standard InChI is InChI=1S/C17H15FO3/c1-20-13-4-2-12(16(18)9-13)10-21-14-5-6-15-11(8-14)3-7-17(15)19/h2,4-6,8-9H,3,7,10H2,1H3. The number of ketones is 1. The zero-order valence-electron chi connectivity index (χ0n) is 11.7. The minimum Gasteiger partial charge on any atom is -0.497 e. The summed E-state index contributed by atoms with van der Waals surface area (Å²) in [6, 6.07) is 10.1. The SMILES string of the molecule is COc1ccc(COc2ccc3c(c2)CCC3=O)c(F)c1. The lowest BCUT2D eigenvalue weighted by Crippen LogP contribution is -2.00. The summed E-state index contributed by atoms with van der Waals surface area (Å²) < 4.78 is 24.4. The number of carbonyl (C=O) groups excluding carboxylic acids is 1.